The van der Waals surface area contributed by atoms with Crippen molar-refractivity contribution in [1.29, 1.82) is 0 Å². The highest BCUT2D eigenvalue weighted by Gasteiger charge is 2.32. The second-order valence-electron chi connectivity index (χ2n) is 7.99. The van der Waals surface area contributed by atoms with Gasteiger partial charge in [0.15, 0.2) is 0 Å². The number of fused-ring (bicyclic) bond motifs is 2. The van der Waals surface area contributed by atoms with Crippen LogP contribution in [0, 0.1) is 0 Å². The quantitative estimate of drug-likeness (QED) is 0.827. The van der Waals surface area contributed by atoms with Crippen molar-refractivity contribution in [3.05, 3.63) is 28.3 Å². The van der Waals surface area contributed by atoms with Gasteiger partial charge in [-0.15, -0.1) is 0 Å². The van der Waals surface area contributed by atoms with Crippen molar-refractivity contribution >= 4 is 21.7 Å². The van der Waals surface area contributed by atoms with Gasteiger partial charge in [0.25, 0.3) is 0 Å². The Morgan fingerprint density at radius 3 is 2.41 bits per heavy atom. The van der Waals surface area contributed by atoms with Crippen molar-refractivity contribution in [2.24, 2.45) is 0 Å². The highest BCUT2D eigenvalue weighted by Crippen LogP contribution is 2.38. The van der Waals surface area contributed by atoms with Crippen LogP contribution in [0.25, 0.3) is 0 Å². The van der Waals surface area contributed by atoms with Gasteiger partial charge in [-0.2, -0.15) is 0 Å². The van der Waals surface area contributed by atoms with E-state index in [9.17, 15) is 13.2 Å². The summed E-state index contributed by atoms with van der Waals surface area (Å²) < 4.78 is 27.7. The molecule has 1 aromatic carbocycles. The summed E-state index contributed by atoms with van der Waals surface area (Å²) in [6.07, 6.45) is 7.66. The molecule has 1 aromatic rings. The monoisotopic (exact) mass is 391 g/mol. The van der Waals surface area contributed by atoms with Crippen LogP contribution >= 0.6 is 0 Å². The Morgan fingerprint density at radius 1 is 1.11 bits per heavy atom. The number of piperidine rings is 1. The summed E-state index contributed by atoms with van der Waals surface area (Å²) in [5.41, 5.74) is 5.93. The number of hydrogen-bond donors (Lipinski definition) is 2. The predicted molar refractivity (Wildman–Crippen MR) is 107 cm³/mol. The average molecular weight is 392 g/mol. The van der Waals surface area contributed by atoms with Crippen molar-refractivity contribution < 1.29 is 13.2 Å². The van der Waals surface area contributed by atoms with Gasteiger partial charge in [-0.3, -0.25) is 0 Å². The number of hydrogen-bond acceptors (Lipinski definition) is 4. The molecular formula is C20H29N3O3S. The molecule has 0 radical (unpaired) electrons. The third-order valence-corrected chi connectivity index (χ3v) is 8.03. The molecule has 0 saturated carbocycles. The van der Waals surface area contributed by atoms with Gasteiger partial charge in [0.1, 0.15) is 0 Å². The molecule has 1 atom stereocenters. The molecule has 2 amide bonds. The molecule has 2 aliphatic carbocycles. The Hall–Kier alpha value is -1.60. The van der Waals surface area contributed by atoms with Crippen LogP contribution in [0.4, 0.5) is 10.5 Å². The number of carbonyl (C=O) groups excluding carboxylic acids is 1. The fourth-order valence-corrected chi connectivity index (χ4v) is 6.23. The lowest BCUT2D eigenvalue weighted by Crippen LogP contribution is -2.48. The molecule has 6 nitrogen and oxygen atoms in total. The van der Waals surface area contributed by atoms with Gasteiger partial charge in [0.2, 0.25) is 10.0 Å². The summed E-state index contributed by atoms with van der Waals surface area (Å²) in [6, 6.07) is 1.68. The maximum Gasteiger partial charge on any atom is 0.332 e. The topological polar surface area (TPSA) is 78.5 Å². The number of anilines is 1. The highest BCUT2D eigenvalue weighted by atomic mass is 32.2. The molecule has 1 fully saturated rings. The van der Waals surface area contributed by atoms with Crippen LogP contribution in [0.3, 0.4) is 0 Å². The van der Waals surface area contributed by atoms with E-state index in [0.717, 1.165) is 63.7 Å². The lowest BCUT2D eigenvalue weighted by atomic mass is 9.99. The SMILES string of the molecule is CCN1CCCC(S(=O)(=O)NC(=O)Nc2c3c(cc4c2CCC4)CCC3)C1. The molecular weight excluding hydrogens is 362 g/mol. The molecule has 4 rings (SSSR count). The van der Waals surface area contributed by atoms with Crippen LogP contribution in [-0.2, 0) is 35.7 Å². The Morgan fingerprint density at radius 2 is 1.78 bits per heavy atom. The van der Waals surface area contributed by atoms with Gasteiger partial charge in [0.05, 0.1) is 5.25 Å². The highest BCUT2D eigenvalue weighted by molar-refractivity contribution is 7.90. The minimum Gasteiger partial charge on any atom is -0.307 e. The van der Waals surface area contributed by atoms with Crippen molar-refractivity contribution in [2.75, 3.05) is 25.0 Å². The zero-order valence-corrected chi connectivity index (χ0v) is 16.8. The minimum atomic E-state index is -3.68. The molecule has 1 aliphatic heterocycles. The van der Waals surface area contributed by atoms with E-state index in [1.54, 1.807) is 0 Å². The summed E-state index contributed by atoms with van der Waals surface area (Å²) in [5.74, 6) is 0. The van der Waals surface area contributed by atoms with Crippen LogP contribution in [-0.4, -0.2) is 44.2 Å². The molecule has 7 heteroatoms. The largest absolute Gasteiger partial charge is 0.332 e. The molecule has 27 heavy (non-hydrogen) atoms. The molecule has 0 aromatic heterocycles. The van der Waals surface area contributed by atoms with E-state index in [2.05, 4.69) is 21.0 Å². The molecule has 1 heterocycles. The number of likely N-dealkylation sites (tertiary alicyclic amines) is 1. The molecule has 3 aliphatic rings. The number of sulfonamides is 1. The number of urea groups is 1. The Bertz CT molecular complexity index is 818. The third kappa shape index (κ3) is 3.72. The fourth-order valence-electron chi connectivity index (χ4n) is 4.87. The molecule has 2 N–H and O–H groups in total. The van der Waals surface area contributed by atoms with Crippen molar-refractivity contribution in [3.63, 3.8) is 0 Å². The summed E-state index contributed by atoms with van der Waals surface area (Å²) >= 11 is 0. The van der Waals surface area contributed by atoms with Gasteiger partial charge in [0, 0.05) is 12.2 Å². The lowest BCUT2D eigenvalue weighted by Gasteiger charge is -2.31. The number of aryl methyl sites for hydroxylation is 2. The van der Waals surface area contributed by atoms with Gasteiger partial charge in [-0.05, 0) is 86.7 Å². The van der Waals surface area contributed by atoms with Crippen LogP contribution in [0.15, 0.2) is 6.07 Å². The zero-order chi connectivity index (χ0) is 19.0. The van der Waals surface area contributed by atoms with Crippen LogP contribution < -0.4 is 10.0 Å². The smallest absolute Gasteiger partial charge is 0.307 e. The second-order valence-corrected chi connectivity index (χ2v) is 9.95. The van der Waals surface area contributed by atoms with E-state index < -0.39 is 21.3 Å². The summed E-state index contributed by atoms with van der Waals surface area (Å²) in [5, 5.41) is 2.40. The molecule has 1 unspecified atom stereocenters. The standard InChI is InChI=1S/C20H29N3O3S/c1-2-23-11-5-8-16(13-23)27(25,26)22-20(24)21-19-17-9-3-6-14(17)12-15-7-4-10-18(15)19/h12,16H,2-11,13H2,1H3,(H2,21,22,24). The van der Waals surface area contributed by atoms with E-state index in [1.807, 2.05) is 6.92 Å². The van der Waals surface area contributed by atoms with Crippen molar-refractivity contribution in [2.45, 2.75) is 63.5 Å². The minimum absolute atomic E-state index is 0.495. The normalized spacial score (nSPS) is 22.3. The first-order valence-electron chi connectivity index (χ1n) is 10.2. The Kier molecular flexibility index (Phi) is 5.16. The number of benzene rings is 1. The van der Waals surface area contributed by atoms with E-state index in [0.29, 0.717) is 13.0 Å². The van der Waals surface area contributed by atoms with Gasteiger partial charge in [-0.1, -0.05) is 13.0 Å². The van der Waals surface area contributed by atoms with Crippen LogP contribution in [0.2, 0.25) is 0 Å². The van der Waals surface area contributed by atoms with Gasteiger partial charge in [-0.25, -0.2) is 17.9 Å². The summed E-state index contributed by atoms with van der Waals surface area (Å²) in [6.45, 7) is 4.29. The molecule has 0 bridgehead atoms. The fraction of sp³-hybridized carbons (Fsp3) is 0.650. The first kappa shape index (κ1) is 18.7. The first-order valence-corrected chi connectivity index (χ1v) is 11.7. The number of nitrogens with one attached hydrogen (secondary N) is 2. The number of carbonyl (C=O) groups is 1. The molecule has 0 spiro atoms. The van der Waals surface area contributed by atoms with E-state index in [1.165, 1.54) is 22.3 Å². The van der Waals surface area contributed by atoms with Crippen molar-refractivity contribution in [3.8, 4) is 0 Å². The number of nitrogens with zero attached hydrogens (tertiary/aromatic N) is 1. The number of amides is 2. The summed E-state index contributed by atoms with van der Waals surface area (Å²) in [7, 11) is -3.68. The van der Waals surface area contributed by atoms with Crippen LogP contribution in [0.5, 0.6) is 0 Å². The zero-order valence-electron chi connectivity index (χ0n) is 16.0. The maximum atomic E-state index is 12.7. The number of rotatable bonds is 4. The third-order valence-electron chi connectivity index (χ3n) is 6.29. The van der Waals surface area contributed by atoms with Crippen LogP contribution in [0.1, 0.15) is 54.9 Å². The molecule has 1 saturated heterocycles. The second kappa shape index (κ2) is 7.43. The maximum absolute atomic E-state index is 12.7. The average Bonchev–Trinajstić information content (AvgIpc) is 3.30. The first-order chi connectivity index (χ1) is 13.0. The van der Waals surface area contributed by atoms with Crippen molar-refractivity contribution in [1.82, 2.24) is 9.62 Å². The Labute approximate surface area is 161 Å². The predicted octanol–water partition coefficient (Wildman–Crippen LogP) is 2.60. The van der Waals surface area contributed by atoms with E-state index >= 15 is 0 Å². The molecule has 148 valence electrons. The van der Waals surface area contributed by atoms with Gasteiger partial charge >= 0.3 is 6.03 Å². The Balaban J connectivity index is 1.50. The van der Waals surface area contributed by atoms with Gasteiger partial charge < -0.3 is 10.2 Å². The summed E-state index contributed by atoms with van der Waals surface area (Å²) in [4.78, 5) is 14.7. The lowest BCUT2D eigenvalue weighted by molar-refractivity contribution is 0.240. The van der Waals surface area contributed by atoms with E-state index in [-0.39, 0.29) is 0 Å². The van der Waals surface area contributed by atoms with E-state index in [4.69, 9.17) is 0 Å².